The SMILES string of the molecule is Cc1ccc(C(C)N[C@@H](C)C2CCCC2)cc1F. The Hall–Kier alpha value is -0.890. The van der Waals surface area contributed by atoms with Crippen LogP contribution in [-0.2, 0) is 0 Å². The number of hydrogen-bond donors (Lipinski definition) is 1. The second kappa shape index (κ2) is 5.83. The molecule has 2 rings (SSSR count). The minimum absolute atomic E-state index is 0.102. The molecule has 1 unspecified atom stereocenters. The summed E-state index contributed by atoms with van der Waals surface area (Å²) < 4.78 is 13.6. The highest BCUT2D eigenvalue weighted by Crippen LogP contribution is 2.29. The summed E-state index contributed by atoms with van der Waals surface area (Å²) in [5, 5.41) is 3.62. The van der Waals surface area contributed by atoms with Gasteiger partial charge in [0.2, 0.25) is 0 Å². The van der Waals surface area contributed by atoms with Crippen LogP contribution in [0.5, 0.6) is 0 Å². The van der Waals surface area contributed by atoms with Gasteiger partial charge in [0.1, 0.15) is 5.82 Å². The second-order valence-electron chi connectivity index (χ2n) is 5.73. The van der Waals surface area contributed by atoms with Gasteiger partial charge in [-0.1, -0.05) is 25.0 Å². The van der Waals surface area contributed by atoms with Gasteiger partial charge in [-0.25, -0.2) is 4.39 Å². The highest BCUT2D eigenvalue weighted by molar-refractivity contribution is 5.25. The number of benzene rings is 1. The van der Waals surface area contributed by atoms with Gasteiger partial charge in [0, 0.05) is 12.1 Å². The van der Waals surface area contributed by atoms with Crippen molar-refractivity contribution in [3.63, 3.8) is 0 Å². The number of aryl methyl sites for hydroxylation is 1. The molecule has 18 heavy (non-hydrogen) atoms. The zero-order valence-electron chi connectivity index (χ0n) is 11.7. The van der Waals surface area contributed by atoms with E-state index in [2.05, 4.69) is 19.2 Å². The van der Waals surface area contributed by atoms with Crippen LogP contribution in [0.1, 0.15) is 56.7 Å². The summed E-state index contributed by atoms with van der Waals surface area (Å²) in [4.78, 5) is 0. The van der Waals surface area contributed by atoms with E-state index in [1.165, 1.54) is 25.7 Å². The third-order valence-electron chi connectivity index (χ3n) is 4.32. The molecule has 1 aliphatic carbocycles. The Balaban J connectivity index is 1.97. The molecule has 0 amide bonds. The molecule has 0 spiro atoms. The molecule has 1 N–H and O–H groups in total. The first kappa shape index (κ1) is 13.5. The average Bonchev–Trinajstić information content (AvgIpc) is 2.86. The molecule has 1 aromatic rings. The highest BCUT2D eigenvalue weighted by atomic mass is 19.1. The summed E-state index contributed by atoms with van der Waals surface area (Å²) in [7, 11) is 0. The topological polar surface area (TPSA) is 12.0 Å². The minimum atomic E-state index is -0.102. The molecule has 2 atom stereocenters. The molecule has 100 valence electrons. The van der Waals surface area contributed by atoms with Gasteiger partial charge >= 0.3 is 0 Å². The lowest BCUT2D eigenvalue weighted by atomic mass is 9.97. The summed E-state index contributed by atoms with van der Waals surface area (Å²) in [6.45, 7) is 6.19. The van der Waals surface area contributed by atoms with Crippen molar-refractivity contribution in [3.05, 3.63) is 35.1 Å². The average molecular weight is 249 g/mol. The monoisotopic (exact) mass is 249 g/mol. The first-order valence-corrected chi connectivity index (χ1v) is 7.10. The van der Waals surface area contributed by atoms with Gasteiger partial charge in [-0.2, -0.15) is 0 Å². The summed E-state index contributed by atoms with van der Waals surface area (Å²) in [6.07, 6.45) is 5.40. The van der Waals surface area contributed by atoms with Crippen molar-refractivity contribution in [2.45, 2.75) is 58.5 Å². The normalized spacial score (nSPS) is 20.0. The van der Waals surface area contributed by atoms with Gasteiger partial charge in [-0.15, -0.1) is 0 Å². The Kier molecular flexibility index (Phi) is 4.39. The van der Waals surface area contributed by atoms with Crippen LogP contribution >= 0.6 is 0 Å². The Labute approximate surface area is 110 Å². The zero-order valence-corrected chi connectivity index (χ0v) is 11.7. The lowest BCUT2D eigenvalue weighted by Gasteiger charge is -2.25. The van der Waals surface area contributed by atoms with Crippen LogP contribution in [0.15, 0.2) is 18.2 Å². The summed E-state index contributed by atoms with van der Waals surface area (Å²) >= 11 is 0. The van der Waals surface area contributed by atoms with Crippen LogP contribution in [0.3, 0.4) is 0 Å². The van der Waals surface area contributed by atoms with Crippen molar-refractivity contribution in [3.8, 4) is 0 Å². The summed E-state index contributed by atoms with van der Waals surface area (Å²) in [6, 6.07) is 6.29. The second-order valence-corrected chi connectivity index (χ2v) is 5.73. The molecule has 0 radical (unpaired) electrons. The Morgan fingerprint density at radius 3 is 2.50 bits per heavy atom. The van der Waals surface area contributed by atoms with Crippen molar-refractivity contribution in [2.24, 2.45) is 5.92 Å². The van der Waals surface area contributed by atoms with Crippen LogP contribution in [0.2, 0.25) is 0 Å². The summed E-state index contributed by atoms with van der Waals surface area (Å²) in [5.41, 5.74) is 1.76. The smallest absolute Gasteiger partial charge is 0.126 e. The molecule has 1 fully saturated rings. The van der Waals surface area contributed by atoms with Crippen LogP contribution in [0.25, 0.3) is 0 Å². The van der Waals surface area contributed by atoms with Gasteiger partial charge in [0.05, 0.1) is 0 Å². The maximum Gasteiger partial charge on any atom is 0.126 e. The molecule has 2 heteroatoms. The van der Waals surface area contributed by atoms with Gasteiger partial charge in [0.15, 0.2) is 0 Å². The largest absolute Gasteiger partial charge is 0.307 e. The predicted molar refractivity (Wildman–Crippen MR) is 74.1 cm³/mol. The lowest BCUT2D eigenvalue weighted by molar-refractivity contribution is 0.352. The third kappa shape index (κ3) is 3.11. The van der Waals surface area contributed by atoms with Crippen molar-refractivity contribution in [1.82, 2.24) is 5.32 Å². The maximum absolute atomic E-state index is 13.6. The Morgan fingerprint density at radius 1 is 1.22 bits per heavy atom. The molecule has 1 aromatic carbocycles. The van der Waals surface area contributed by atoms with Crippen LogP contribution in [0, 0.1) is 18.7 Å². The number of hydrogen-bond acceptors (Lipinski definition) is 1. The fourth-order valence-corrected chi connectivity index (χ4v) is 2.96. The molecule has 0 bridgehead atoms. The van der Waals surface area contributed by atoms with Gasteiger partial charge in [-0.05, 0) is 56.7 Å². The maximum atomic E-state index is 13.6. The first-order chi connectivity index (χ1) is 8.58. The van der Waals surface area contributed by atoms with Crippen LogP contribution in [0.4, 0.5) is 4.39 Å². The molecule has 1 saturated carbocycles. The van der Waals surface area contributed by atoms with E-state index in [4.69, 9.17) is 0 Å². The molecule has 0 aromatic heterocycles. The number of rotatable bonds is 4. The van der Waals surface area contributed by atoms with E-state index in [1.54, 1.807) is 13.0 Å². The Bertz CT molecular complexity index is 396. The molecule has 0 aliphatic heterocycles. The van der Waals surface area contributed by atoms with E-state index >= 15 is 0 Å². The van der Waals surface area contributed by atoms with Crippen molar-refractivity contribution < 1.29 is 4.39 Å². The van der Waals surface area contributed by atoms with Crippen molar-refractivity contribution in [2.75, 3.05) is 0 Å². The van der Waals surface area contributed by atoms with E-state index in [1.807, 2.05) is 12.1 Å². The van der Waals surface area contributed by atoms with E-state index in [0.717, 1.165) is 17.0 Å². The van der Waals surface area contributed by atoms with Crippen molar-refractivity contribution in [1.29, 1.82) is 0 Å². The van der Waals surface area contributed by atoms with Crippen LogP contribution in [-0.4, -0.2) is 6.04 Å². The standard InChI is InChI=1S/C16H24FN/c1-11-8-9-15(10-16(11)17)13(3)18-12(2)14-6-4-5-7-14/h8-10,12-14,18H,4-7H2,1-3H3/t12-,13?/m0/s1. The molecular formula is C16H24FN. The molecular weight excluding hydrogens is 225 g/mol. The fourth-order valence-electron chi connectivity index (χ4n) is 2.96. The molecule has 0 heterocycles. The van der Waals surface area contributed by atoms with Crippen LogP contribution < -0.4 is 5.32 Å². The lowest BCUT2D eigenvalue weighted by Crippen LogP contribution is -2.34. The number of nitrogens with one attached hydrogen (secondary N) is 1. The van der Waals surface area contributed by atoms with E-state index in [-0.39, 0.29) is 11.9 Å². The Morgan fingerprint density at radius 2 is 1.89 bits per heavy atom. The summed E-state index contributed by atoms with van der Waals surface area (Å²) in [5.74, 6) is 0.692. The molecule has 1 nitrogen and oxygen atoms in total. The quantitative estimate of drug-likeness (QED) is 0.836. The highest BCUT2D eigenvalue weighted by Gasteiger charge is 2.22. The van der Waals surface area contributed by atoms with Crippen molar-refractivity contribution >= 4 is 0 Å². The minimum Gasteiger partial charge on any atom is -0.307 e. The predicted octanol–water partition coefficient (Wildman–Crippen LogP) is 4.36. The van der Waals surface area contributed by atoms with Gasteiger partial charge in [0.25, 0.3) is 0 Å². The van der Waals surface area contributed by atoms with E-state index in [9.17, 15) is 4.39 Å². The zero-order chi connectivity index (χ0) is 13.1. The first-order valence-electron chi connectivity index (χ1n) is 7.10. The fraction of sp³-hybridized carbons (Fsp3) is 0.625. The van der Waals surface area contributed by atoms with Gasteiger partial charge < -0.3 is 5.32 Å². The van der Waals surface area contributed by atoms with E-state index in [0.29, 0.717) is 6.04 Å². The molecule has 0 saturated heterocycles. The van der Waals surface area contributed by atoms with E-state index < -0.39 is 0 Å². The number of halogens is 1. The molecule has 1 aliphatic rings. The van der Waals surface area contributed by atoms with Gasteiger partial charge in [-0.3, -0.25) is 0 Å². The third-order valence-corrected chi connectivity index (χ3v) is 4.32.